The zero-order chi connectivity index (χ0) is 18.2. The third kappa shape index (κ3) is 5.21. The van der Waals surface area contributed by atoms with Crippen molar-refractivity contribution in [2.75, 3.05) is 33.4 Å². The van der Waals surface area contributed by atoms with Crippen LogP contribution >= 0.6 is 0 Å². The minimum absolute atomic E-state index is 0.728. The van der Waals surface area contributed by atoms with E-state index in [9.17, 15) is 0 Å². The van der Waals surface area contributed by atoms with Crippen molar-refractivity contribution in [3.05, 3.63) is 53.3 Å². The second kappa shape index (κ2) is 9.58. The molecule has 0 spiro atoms. The van der Waals surface area contributed by atoms with Gasteiger partial charge in [-0.3, -0.25) is 4.98 Å². The Hall–Kier alpha value is -2.07. The van der Waals surface area contributed by atoms with Crippen molar-refractivity contribution in [1.29, 1.82) is 0 Å². The predicted molar refractivity (Wildman–Crippen MR) is 105 cm³/mol. The Balaban J connectivity index is 1.59. The highest BCUT2D eigenvalue weighted by molar-refractivity contribution is 5.44. The third-order valence-electron chi connectivity index (χ3n) is 4.95. The SMILES string of the molecule is CCc1cc(Cc2ccc(OC)c(OCCCN3CCCC3)c2)ccn1. The van der Waals surface area contributed by atoms with Gasteiger partial charge in [-0.1, -0.05) is 13.0 Å². The van der Waals surface area contributed by atoms with Crippen molar-refractivity contribution in [3.8, 4) is 11.5 Å². The molecular formula is C22H30N2O2. The second-order valence-corrected chi connectivity index (χ2v) is 6.92. The molecule has 4 heteroatoms. The molecule has 140 valence electrons. The van der Waals surface area contributed by atoms with Crippen LogP contribution in [0.25, 0.3) is 0 Å². The number of ether oxygens (including phenoxy) is 2. The molecule has 0 radical (unpaired) electrons. The predicted octanol–water partition coefficient (Wildman–Crippen LogP) is 4.11. The number of likely N-dealkylation sites (tertiary alicyclic amines) is 1. The summed E-state index contributed by atoms with van der Waals surface area (Å²) in [4.78, 5) is 6.90. The van der Waals surface area contributed by atoms with Gasteiger partial charge in [-0.05, 0) is 80.6 Å². The van der Waals surface area contributed by atoms with E-state index in [2.05, 4.69) is 41.1 Å². The molecule has 0 bridgehead atoms. The molecule has 0 saturated carbocycles. The minimum atomic E-state index is 0.728. The van der Waals surface area contributed by atoms with Gasteiger partial charge >= 0.3 is 0 Å². The summed E-state index contributed by atoms with van der Waals surface area (Å²) in [6.07, 6.45) is 7.47. The van der Waals surface area contributed by atoms with Crippen LogP contribution in [-0.4, -0.2) is 43.2 Å². The minimum Gasteiger partial charge on any atom is -0.493 e. The molecule has 1 aliphatic rings. The summed E-state index contributed by atoms with van der Waals surface area (Å²) in [7, 11) is 1.70. The average molecular weight is 354 g/mol. The lowest BCUT2D eigenvalue weighted by Crippen LogP contribution is -2.21. The maximum Gasteiger partial charge on any atom is 0.161 e. The Kier molecular flexibility index (Phi) is 6.89. The van der Waals surface area contributed by atoms with Crippen LogP contribution in [0.3, 0.4) is 0 Å². The van der Waals surface area contributed by atoms with Crippen molar-refractivity contribution in [2.24, 2.45) is 0 Å². The van der Waals surface area contributed by atoms with E-state index in [0.717, 1.165) is 49.6 Å². The first-order valence-corrected chi connectivity index (χ1v) is 9.74. The number of methoxy groups -OCH3 is 1. The Labute approximate surface area is 157 Å². The van der Waals surface area contributed by atoms with Gasteiger partial charge in [0.25, 0.3) is 0 Å². The highest BCUT2D eigenvalue weighted by Crippen LogP contribution is 2.29. The van der Waals surface area contributed by atoms with E-state index in [1.165, 1.54) is 37.1 Å². The normalized spacial score (nSPS) is 14.5. The van der Waals surface area contributed by atoms with Gasteiger partial charge in [-0.25, -0.2) is 0 Å². The zero-order valence-corrected chi connectivity index (χ0v) is 16.0. The molecule has 1 aromatic carbocycles. The molecule has 0 amide bonds. The maximum atomic E-state index is 6.05. The Morgan fingerprint density at radius 1 is 1.04 bits per heavy atom. The quantitative estimate of drug-likeness (QED) is 0.635. The molecular weight excluding hydrogens is 324 g/mol. The van der Waals surface area contributed by atoms with Gasteiger partial charge in [0.2, 0.25) is 0 Å². The van der Waals surface area contributed by atoms with Crippen LogP contribution in [-0.2, 0) is 12.8 Å². The van der Waals surface area contributed by atoms with Crippen LogP contribution in [0, 0.1) is 0 Å². The fraction of sp³-hybridized carbons (Fsp3) is 0.500. The molecule has 26 heavy (non-hydrogen) atoms. The van der Waals surface area contributed by atoms with Gasteiger partial charge in [0.1, 0.15) is 0 Å². The fourth-order valence-corrected chi connectivity index (χ4v) is 3.49. The molecule has 1 fully saturated rings. The van der Waals surface area contributed by atoms with E-state index >= 15 is 0 Å². The highest BCUT2D eigenvalue weighted by atomic mass is 16.5. The van der Waals surface area contributed by atoms with E-state index in [0.29, 0.717) is 0 Å². The van der Waals surface area contributed by atoms with Gasteiger partial charge in [0.05, 0.1) is 13.7 Å². The topological polar surface area (TPSA) is 34.6 Å². The molecule has 1 saturated heterocycles. The second-order valence-electron chi connectivity index (χ2n) is 6.92. The molecule has 0 aliphatic carbocycles. The van der Waals surface area contributed by atoms with E-state index in [4.69, 9.17) is 9.47 Å². The van der Waals surface area contributed by atoms with E-state index in [1.807, 2.05) is 12.3 Å². The summed E-state index contributed by atoms with van der Waals surface area (Å²) in [5.74, 6) is 1.65. The fourth-order valence-electron chi connectivity index (χ4n) is 3.49. The Morgan fingerprint density at radius 3 is 2.62 bits per heavy atom. The lowest BCUT2D eigenvalue weighted by molar-refractivity contribution is 0.254. The number of pyridine rings is 1. The summed E-state index contributed by atoms with van der Waals surface area (Å²) < 4.78 is 11.5. The summed E-state index contributed by atoms with van der Waals surface area (Å²) in [5.41, 5.74) is 3.64. The highest BCUT2D eigenvalue weighted by Gasteiger charge is 2.11. The maximum absolute atomic E-state index is 6.05. The molecule has 4 nitrogen and oxygen atoms in total. The number of nitrogens with zero attached hydrogens (tertiary/aromatic N) is 2. The van der Waals surface area contributed by atoms with Crippen LogP contribution in [0.15, 0.2) is 36.5 Å². The van der Waals surface area contributed by atoms with Crippen molar-refractivity contribution >= 4 is 0 Å². The van der Waals surface area contributed by atoms with Gasteiger partial charge in [-0.2, -0.15) is 0 Å². The van der Waals surface area contributed by atoms with Crippen LogP contribution in [0.4, 0.5) is 0 Å². The molecule has 0 atom stereocenters. The monoisotopic (exact) mass is 354 g/mol. The van der Waals surface area contributed by atoms with Crippen molar-refractivity contribution in [3.63, 3.8) is 0 Å². The molecule has 3 rings (SSSR count). The zero-order valence-electron chi connectivity index (χ0n) is 16.0. The Bertz CT molecular complexity index is 696. The van der Waals surface area contributed by atoms with Crippen molar-refractivity contribution in [2.45, 2.75) is 39.0 Å². The first kappa shape index (κ1) is 18.7. The lowest BCUT2D eigenvalue weighted by atomic mass is 10.0. The van der Waals surface area contributed by atoms with Crippen LogP contribution in [0.2, 0.25) is 0 Å². The average Bonchev–Trinajstić information content (AvgIpc) is 3.19. The molecule has 2 heterocycles. The Morgan fingerprint density at radius 2 is 1.85 bits per heavy atom. The largest absolute Gasteiger partial charge is 0.493 e. The van der Waals surface area contributed by atoms with Gasteiger partial charge in [0.15, 0.2) is 11.5 Å². The smallest absolute Gasteiger partial charge is 0.161 e. The van der Waals surface area contributed by atoms with Gasteiger partial charge in [-0.15, -0.1) is 0 Å². The van der Waals surface area contributed by atoms with E-state index in [1.54, 1.807) is 7.11 Å². The van der Waals surface area contributed by atoms with E-state index in [-0.39, 0.29) is 0 Å². The summed E-state index contributed by atoms with van der Waals surface area (Å²) >= 11 is 0. The first-order chi connectivity index (χ1) is 12.8. The van der Waals surface area contributed by atoms with Crippen molar-refractivity contribution in [1.82, 2.24) is 9.88 Å². The number of hydrogen-bond acceptors (Lipinski definition) is 4. The number of hydrogen-bond donors (Lipinski definition) is 0. The summed E-state index contributed by atoms with van der Waals surface area (Å²) in [5, 5.41) is 0. The molecule has 0 unspecified atom stereocenters. The van der Waals surface area contributed by atoms with Crippen LogP contribution in [0.5, 0.6) is 11.5 Å². The van der Waals surface area contributed by atoms with Gasteiger partial charge in [0, 0.05) is 18.4 Å². The van der Waals surface area contributed by atoms with Crippen LogP contribution < -0.4 is 9.47 Å². The third-order valence-corrected chi connectivity index (χ3v) is 4.95. The number of aromatic nitrogens is 1. The standard InChI is InChI=1S/C22H30N2O2/c1-3-20-16-19(9-10-23-20)15-18-7-8-21(25-2)22(17-18)26-14-6-13-24-11-4-5-12-24/h7-10,16-17H,3-6,11-15H2,1-2H3. The first-order valence-electron chi connectivity index (χ1n) is 9.74. The van der Waals surface area contributed by atoms with E-state index < -0.39 is 0 Å². The number of rotatable bonds is 9. The summed E-state index contributed by atoms with van der Waals surface area (Å²) in [6.45, 7) is 6.47. The molecule has 1 aromatic heterocycles. The lowest BCUT2D eigenvalue weighted by Gasteiger charge is -2.16. The van der Waals surface area contributed by atoms with Gasteiger partial charge < -0.3 is 14.4 Å². The number of benzene rings is 1. The molecule has 0 N–H and O–H groups in total. The summed E-state index contributed by atoms with van der Waals surface area (Å²) in [6, 6.07) is 10.5. The number of aryl methyl sites for hydroxylation is 1. The molecule has 1 aliphatic heterocycles. The van der Waals surface area contributed by atoms with Crippen LogP contribution in [0.1, 0.15) is 43.0 Å². The molecule has 2 aromatic rings. The van der Waals surface area contributed by atoms with Crippen molar-refractivity contribution < 1.29 is 9.47 Å².